The Labute approximate surface area is 230 Å². The van der Waals surface area contributed by atoms with Crippen molar-refractivity contribution in [2.75, 3.05) is 39.2 Å². The molecule has 3 aliphatic rings. The van der Waals surface area contributed by atoms with Crippen molar-refractivity contribution in [1.29, 1.82) is 0 Å². The fourth-order valence-electron chi connectivity index (χ4n) is 6.63. The van der Waals surface area contributed by atoms with E-state index in [-0.39, 0.29) is 23.5 Å². The lowest BCUT2D eigenvalue weighted by Crippen LogP contribution is -2.64. The number of benzene rings is 1. The summed E-state index contributed by atoms with van der Waals surface area (Å²) in [5, 5.41) is 7.47. The largest absolute Gasteiger partial charge is 0.497 e. The smallest absolute Gasteiger partial charge is 0.324 e. The first-order valence-corrected chi connectivity index (χ1v) is 13.7. The van der Waals surface area contributed by atoms with Crippen molar-refractivity contribution in [3.63, 3.8) is 0 Å². The van der Waals surface area contributed by atoms with Crippen LogP contribution in [0, 0.1) is 13.8 Å². The number of anilines is 1. The minimum absolute atomic E-state index is 0.0244. The van der Waals surface area contributed by atoms with E-state index in [1.165, 1.54) is 0 Å². The highest BCUT2D eigenvalue weighted by atomic mass is 16.5. The van der Waals surface area contributed by atoms with Crippen LogP contribution in [-0.4, -0.2) is 75.9 Å². The molecular weight excluding hydrogens is 496 g/mol. The Balaban J connectivity index is 1.38. The van der Waals surface area contributed by atoms with Crippen LogP contribution in [0.1, 0.15) is 61.5 Å². The van der Waals surface area contributed by atoms with Crippen LogP contribution < -0.4 is 14.8 Å². The molecule has 2 fully saturated rings. The summed E-state index contributed by atoms with van der Waals surface area (Å²) in [5.41, 5.74) is 5.36. The van der Waals surface area contributed by atoms with Crippen molar-refractivity contribution in [1.82, 2.24) is 24.5 Å². The van der Waals surface area contributed by atoms with E-state index in [1.54, 1.807) is 18.9 Å². The van der Waals surface area contributed by atoms with Crippen LogP contribution in [-0.2, 0) is 13.6 Å². The average Bonchev–Trinajstić information content (AvgIpc) is 3.06. The summed E-state index contributed by atoms with van der Waals surface area (Å²) in [7, 11) is 5.19. The summed E-state index contributed by atoms with van der Waals surface area (Å²) in [6.45, 7) is 10.3. The number of carbonyl (C=O) groups is 2. The van der Waals surface area contributed by atoms with Gasteiger partial charge in [-0.1, -0.05) is 13.0 Å². The van der Waals surface area contributed by atoms with E-state index >= 15 is 0 Å². The quantitative estimate of drug-likeness (QED) is 0.608. The zero-order chi connectivity index (χ0) is 28.1. The van der Waals surface area contributed by atoms with Crippen LogP contribution in [0.15, 0.2) is 23.9 Å². The van der Waals surface area contributed by atoms with E-state index in [2.05, 4.69) is 23.4 Å². The molecular formula is C29H40N6O4. The standard InChI is InChI=1S/C29H40N6O4/c1-8-35-28(37)34-17-21-14-23(38-6)15-24(39-7)25(21)18(2)13-22(34)16-29(35)9-11-33(12-10-29)27(36)30-26-19(3)31-32(5)20(26)4/h13-15,18H,8-12,16-17H2,1-7H3,(H,30,36). The van der Waals surface area contributed by atoms with Crippen molar-refractivity contribution in [2.45, 2.75) is 65.0 Å². The first kappa shape index (κ1) is 26.9. The highest BCUT2D eigenvalue weighted by molar-refractivity contribution is 5.90. The second-order valence-corrected chi connectivity index (χ2v) is 10.9. The Morgan fingerprint density at radius 2 is 1.90 bits per heavy atom. The summed E-state index contributed by atoms with van der Waals surface area (Å²) < 4.78 is 13.0. The lowest BCUT2D eigenvalue weighted by atomic mass is 9.79. The lowest BCUT2D eigenvalue weighted by Gasteiger charge is -2.54. The van der Waals surface area contributed by atoms with E-state index in [4.69, 9.17) is 9.47 Å². The number of urea groups is 2. The predicted molar refractivity (Wildman–Crippen MR) is 149 cm³/mol. The molecule has 1 aromatic carbocycles. The fourth-order valence-corrected chi connectivity index (χ4v) is 6.63. The van der Waals surface area contributed by atoms with Gasteiger partial charge < -0.3 is 24.6 Å². The summed E-state index contributed by atoms with van der Waals surface area (Å²) in [6.07, 6.45) is 4.45. The number of hydrogen-bond donors (Lipinski definition) is 1. The third-order valence-electron chi connectivity index (χ3n) is 8.81. The Bertz CT molecular complexity index is 1320. The van der Waals surface area contributed by atoms with E-state index in [0.29, 0.717) is 26.2 Å². The van der Waals surface area contributed by atoms with Gasteiger partial charge in [-0.25, -0.2) is 9.59 Å². The number of piperidine rings is 1. The number of methoxy groups -OCH3 is 2. The zero-order valence-electron chi connectivity index (χ0n) is 24.1. The molecule has 1 N–H and O–H groups in total. The van der Waals surface area contributed by atoms with Gasteiger partial charge >= 0.3 is 12.1 Å². The van der Waals surface area contributed by atoms with Crippen LogP contribution in [0.5, 0.6) is 11.5 Å². The van der Waals surface area contributed by atoms with Gasteiger partial charge in [0.25, 0.3) is 0 Å². The molecule has 2 aromatic rings. The van der Waals surface area contributed by atoms with Gasteiger partial charge in [0.15, 0.2) is 0 Å². The fraction of sp³-hybridized carbons (Fsp3) is 0.552. The summed E-state index contributed by atoms with van der Waals surface area (Å²) in [5.74, 6) is 1.58. The molecule has 0 radical (unpaired) electrons. The molecule has 39 heavy (non-hydrogen) atoms. The van der Waals surface area contributed by atoms with Crippen molar-refractivity contribution < 1.29 is 19.1 Å². The van der Waals surface area contributed by atoms with Crippen LogP contribution >= 0.6 is 0 Å². The highest BCUT2D eigenvalue weighted by Crippen LogP contribution is 2.46. The Hall–Kier alpha value is -3.69. The van der Waals surface area contributed by atoms with Gasteiger partial charge in [0.05, 0.1) is 43.4 Å². The van der Waals surface area contributed by atoms with E-state index in [9.17, 15) is 9.59 Å². The van der Waals surface area contributed by atoms with Gasteiger partial charge in [-0.2, -0.15) is 5.10 Å². The third-order valence-corrected chi connectivity index (χ3v) is 8.81. The highest BCUT2D eigenvalue weighted by Gasteiger charge is 2.49. The topological polar surface area (TPSA) is 92.2 Å². The van der Waals surface area contributed by atoms with Crippen molar-refractivity contribution >= 4 is 17.7 Å². The Morgan fingerprint density at radius 1 is 1.18 bits per heavy atom. The minimum atomic E-state index is -0.316. The second kappa shape index (κ2) is 10.1. The molecule has 4 amide bonds. The zero-order valence-corrected chi connectivity index (χ0v) is 24.1. The van der Waals surface area contributed by atoms with Crippen LogP contribution in [0.3, 0.4) is 0 Å². The van der Waals surface area contributed by atoms with Gasteiger partial charge in [-0.05, 0) is 45.2 Å². The Kier molecular flexibility index (Phi) is 6.99. The number of rotatable bonds is 4. The van der Waals surface area contributed by atoms with Crippen molar-refractivity contribution in [3.8, 4) is 11.5 Å². The number of likely N-dealkylation sites (tertiary alicyclic amines) is 1. The molecule has 210 valence electrons. The van der Waals surface area contributed by atoms with Gasteiger partial charge in [0.1, 0.15) is 11.5 Å². The monoisotopic (exact) mass is 536 g/mol. The number of nitrogens with zero attached hydrogens (tertiary/aromatic N) is 5. The molecule has 3 aliphatic heterocycles. The molecule has 1 unspecified atom stereocenters. The molecule has 2 saturated heterocycles. The van der Waals surface area contributed by atoms with E-state index in [1.807, 2.05) is 54.7 Å². The van der Waals surface area contributed by atoms with Crippen molar-refractivity contribution in [3.05, 3.63) is 46.4 Å². The molecule has 1 spiro atoms. The minimum Gasteiger partial charge on any atom is -0.497 e. The number of ether oxygens (including phenoxy) is 2. The molecule has 10 nitrogen and oxygen atoms in total. The number of carbonyl (C=O) groups excluding carboxylic acids is 2. The van der Waals surface area contributed by atoms with Crippen LogP contribution in [0.4, 0.5) is 15.3 Å². The number of amides is 4. The van der Waals surface area contributed by atoms with E-state index < -0.39 is 0 Å². The number of aryl methyl sites for hydroxylation is 2. The summed E-state index contributed by atoms with van der Waals surface area (Å²) in [6, 6.07) is 3.84. The first-order valence-electron chi connectivity index (χ1n) is 13.7. The van der Waals surface area contributed by atoms with Gasteiger partial charge in [-0.15, -0.1) is 0 Å². The number of allylic oxidation sites excluding steroid dienone is 1. The molecule has 5 rings (SSSR count). The maximum Gasteiger partial charge on any atom is 0.324 e. The average molecular weight is 537 g/mol. The number of hydrogen-bond acceptors (Lipinski definition) is 5. The van der Waals surface area contributed by atoms with Gasteiger partial charge in [0.2, 0.25) is 0 Å². The SMILES string of the molecule is CCN1C(=O)N2Cc3cc(OC)cc(OC)c3C(C)C=C2CC12CCN(C(=O)Nc1c(C)nn(C)c1C)CC2. The van der Waals surface area contributed by atoms with E-state index in [0.717, 1.165) is 64.7 Å². The summed E-state index contributed by atoms with van der Waals surface area (Å²) >= 11 is 0. The number of fused-ring (bicyclic) bond motifs is 2. The Morgan fingerprint density at radius 3 is 2.49 bits per heavy atom. The lowest BCUT2D eigenvalue weighted by molar-refractivity contribution is 0.0232. The van der Waals surface area contributed by atoms with Gasteiger partial charge in [0, 0.05) is 56.3 Å². The molecule has 0 aliphatic carbocycles. The third kappa shape index (κ3) is 4.49. The normalized spacial score (nSPS) is 20.3. The molecule has 10 heteroatoms. The molecule has 4 heterocycles. The second-order valence-electron chi connectivity index (χ2n) is 10.9. The molecule has 1 aromatic heterocycles. The van der Waals surface area contributed by atoms with Crippen molar-refractivity contribution in [2.24, 2.45) is 7.05 Å². The molecule has 1 atom stereocenters. The number of aromatic nitrogens is 2. The first-order chi connectivity index (χ1) is 18.6. The molecule has 0 saturated carbocycles. The van der Waals surface area contributed by atoms with Gasteiger partial charge in [-0.3, -0.25) is 9.58 Å². The van der Waals surface area contributed by atoms with Crippen LogP contribution in [0.2, 0.25) is 0 Å². The molecule has 0 bridgehead atoms. The number of nitrogens with one attached hydrogen (secondary N) is 1. The van der Waals surface area contributed by atoms with Crippen LogP contribution in [0.25, 0.3) is 0 Å². The maximum atomic E-state index is 14.0. The predicted octanol–water partition coefficient (Wildman–Crippen LogP) is 4.77. The summed E-state index contributed by atoms with van der Waals surface area (Å²) in [4.78, 5) is 33.0. The maximum absolute atomic E-state index is 14.0.